The number of H-pyrrole nitrogens is 1. The van der Waals surface area contributed by atoms with Crippen LogP contribution in [0.5, 0.6) is 5.88 Å². The van der Waals surface area contributed by atoms with Crippen LogP contribution in [-0.2, 0) is 6.54 Å². The van der Waals surface area contributed by atoms with Crippen LogP contribution in [0, 0.1) is 12.7 Å². The van der Waals surface area contributed by atoms with Gasteiger partial charge in [0.2, 0.25) is 0 Å². The van der Waals surface area contributed by atoms with E-state index in [1.165, 1.54) is 0 Å². The van der Waals surface area contributed by atoms with Crippen molar-refractivity contribution in [3.8, 4) is 5.88 Å². The van der Waals surface area contributed by atoms with E-state index in [1.54, 1.807) is 0 Å². The summed E-state index contributed by atoms with van der Waals surface area (Å²) in [6.07, 6.45) is 0.958. The predicted molar refractivity (Wildman–Crippen MR) is 80.6 cm³/mol. The average Bonchev–Trinajstić information content (AvgIpc) is 3.04. The Morgan fingerprint density at radius 3 is 2.92 bits per heavy atom. The number of hydrogen-bond donors (Lipinski definition) is 2. The maximum atomic E-state index is 13.6. The number of aromatic amines is 1. The second-order valence-corrected chi connectivity index (χ2v) is 5.14. The molecule has 2 heterocycles. The number of nitrogens with one attached hydrogen (secondary N) is 2. The molecule has 7 nitrogen and oxygen atoms in total. The third kappa shape index (κ3) is 3.52. The third-order valence-corrected chi connectivity index (χ3v) is 3.53. The van der Waals surface area contributed by atoms with E-state index in [0.717, 1.165) is 28.9 Å². The van der Waals surface area contributed by atoms with Crippen LogP contribution in [0.3, 0.4) is 0 Å². The first kappa shape index (κ1) is 16.7. The number of aromatic nitrogens is 4. The third-order valence-electron chi connectivity index (χ3n) is 3.53. The number of halogens is 3. The number of ether oxygens (including phenoxy) is 1. The molecule has 0 atom stereocenters. The number of benzene rings is 1. The van der Waals surface area contributed by atoms with Crippen LogP contribution in [0.25, 0.3) is 11.0 Å². The minimum absolute atomic E-state index is 0.121. The van der Waals surface area contributed by atoms with Crippen LogP contribution in [0.2, 0.25) is 0 Å². The molecule has 0 radical (unpaired) electrons. The van der Waals surface area contributed by atoms with Crippen LogP contribution < -0.4 is 10.1 Å². The van der Waals surface area contributed by atoms with Crippen LogP contribution >= 0.6 is 0 Å². The fourth-order valence-corrected chi connectivity index (χ4v) is 2.29. The van der Waals surface area contributed by atoms with E-state index in [1.807, 2.05) is 19.1 Å². The number of amides is 1. The normalized spacial score (nSPS) is 11.1. The highest BCUT2D eigenvalue weighted by molar-refractivity contribution is 5.94. The zero-order valence-electron chi connectivity index (χ0n) is 12.9. The lowest BCUT2D eigenvalue weighted by atomic mass is 10.1. The van der Waals surface area contributed by atoms with Gasteiger partial charge >= 0.3 is 6.61 Å². The molecule has 2 aromatic heterocycles. The Hall–Kier alpha value is -3.17. The van der Waals surface area contributed by atoms with Gasteiger partial charge in [0.15, 0.2) is 5.82 Å². The van der Waals surface area contributed by atoms with E-state index in [9.17, 15) is 18.0 Å². The summed E-state index contributed by atoms with van der Waals surface area (Å²) in [5.74, 6) is -2.63. The smallest absolute Gasteiger partial charge is 0.388 e. The van der Waals surface area contributed by atoms with Gasteiger partial charge in [-0.2, -0.15) is 8.78 Å². The number of aryl methyl sites for hydroxylation is 1. The van der Waals surface area contributed by atoms with Gasteiger partial charge in [-0.25, -0.2) is 9.37 Å². The molecule has 0 saturated heterocycles. The van der Waals surface area contributed by atoms with Crippen molar-refractivity contribution in [2.75, 3.05) is 0 Å². The van der Waals surface area contributed by atoms with Crippen molar-refractivity contribution in [1.29, 1.82) is 0 Å². The number of nitrogens with zero attached hydrogens (tertiary/aromatic N) is 3. The van der Waals surface area contributed by atoms with E-state index in [4.69, 9.17) is 0 Å². The first-order valence-electron chi connectivity index (χ1n) is 7.13. The molecule has 130 valence electrons. The van der Waals surface area contributed by atoms with Crippen LogP contribution in [0.1, 0.15) is 21.5 Å². The number of rotatable bonds is 5. The molecule has 0 aliphatic rings. The lowest BCUT2D eigenvalue weighted by molar-refractivity contribution is -0.0553. The highest BCUT2D eigenvalue weighted by atomic mass is 19.3. The molecule has 10 heteroatoms. The summed E-state index contributed by atoms with van der Waals surface area (Å²) in [6.45, 7) is -1.22. The van der Waals surface area contributed by atoms with Crippen molar-refractivity contribution in [2.45, 2.75) is 20.1 Å². The fourth-order valence-electron chi connectivity index (χ4n) is 2.29. The Bertz CT molecular complexity index is 929. The Morgan fingerprint density at radius 1 is 1.40 bits per heavy atom. The van der Waals surface area contributed by atoms with Gasteiger partial charge in [-0.05, 0) is 24.6 Å². The standard InChI is InChI=1S/C15H12F3N5O2/c1-7-2-3-11-12(22-23-21-11)9(7)6-19-13(24)8-4-10(16)14(20-5-8)25-15(17)18/h2-5,15H,6H2,1H3,(H,19,24)(H,21,22,23). The molecule has 1 amide bonds. The molecule has 0 aliphatic carbocycles. The molecule has 0 bridgehead atoms. The Balaban J connectivity index is 1.75. The molecule has 0 aliphatic heterocycles. The summed E-state index contributed by atoms with van der Waals surface area (Å²) in [4.78, 5) is 15.5. The van der Waals surface area contributed by atoms with Gasteiger partial charge in [0, 0.05) is 18.3 Å². The van der Waals surface area contributed by atoms with E-state index >= 15 is 0 Å². The first-order valence-corrected chi connectivity index (χ1v) is 7.13. The topological polar surface area (TPSA) is 92.8 Å². The van der Waals surface area contributed by atoms with Gasteiger partial charge < -0.3 is 10.1 Å². The number of carbonyl (C=O) groups is 1. The number of pyridine rings is 1. The van der Waals surface area contributed by atoms with Crippen LogP contribution in [-0.4, -0.2) is 32.9 Å². The molecule has 0 saturated carbocycles. The van der Waals surface area contributed by atoms with Crippen molar-refractivity contribution in [1.82, 2.24) is 25.7 Å². The monoisotopic (exact) mass is 351 g/mol. The van der Waals surface area contributed by atoms with E-state index in [2.05, 4.69) is 30.4 Å². The van der Waals surface area contributed by atoms with Gasteiger partial charge in [0.05, 0.1) is 11.1 Å². The van der Waals surface area contributed by atoms with Crippen molar-refractivity contribution in [3.63, 3.8) is 0 Å². The largest absolute Gasteiger partial charge is 0.414 e. The Morgan fingerprint density at radius 2 is 2.20 bits per heavy atom. The molecule has 3 aromatic rings. The van der Waals surface area contributed by atoms with Crippen LogP contribution in [0.15, 0.2) is 24.4 Å². The second-order valence-electron chi connectivity index (χ2n) is 5.14. The Kier molecular flexibility index (Phi) is 4.50. The summed E-state index contributed by atoms with van der Waals surface area (Å²) >= 11 is 0. The van der Waals surface area contributed by atoms with Gasteiger partial charge in [0.1, 0.15) is 5.52 Å². The van der Waals surface area contributed by atoms with E-state index in [0.29, 0.717) is 5.52 Å². The molecule has 25 heavy (non-hydrogen) atoms. The molecule has 1 aromatic carbocycles. The molecular weight excluding hydrogens is 339 g/mol. The maximum absolute atomic E-state index is 13.6. The maximum Gasteiger partial charge on any atom is 0.388 e. The molecule has 3 rings (SSSR count). The Labute approximate surface area is 139 Å². The SMILES string of the molecule is Cc1ccc2[nH]nnc2c1CNC(=O)c1cnc(OC(F)F)c(F)c1. The summed E-state index contributed by atoms with van der Waals surface area (Å²) in [5, 5.41) is 13.0. The van der Waals surface area contributed by atoms with Crippen molar-refractivity contribution >= 4 is 16.9 Å². The van der Waals surface area contributed by atoms with Gasteiger partial charge in [-0.15, -0.1) is 5.10 Å². The predicted octanol–water partition coefficient (Wildman–Crippen LogP) is 2.33. The fraction of sp³-hybridized carbons (Fsp3) is 0.200. The van der Waals surface area contributed by atoms with Crippen molar-refractivity contribution in [2.24, 2.45) is 0 Å². The number of alkyl halides is 2. The summed E-state index contributed by atoms with van der Waals surface area (Å²) in [5.41, 5.74) is 2.86. The highest BCUT2D eigenvalue weighted by Gasteiger charge is 2.16. The number of fused-ring (bicyclic) bond motifs is 1. The lowest BCUT2D eigenvalue weighted by Crippen LogP contribution is -2.24. The van der Waals surface area contributed by atoms with Crippen LogP contribution in [0.4, 0.5) is 13.2 Å². The molecule has 0 spiro atoms. The van der Waals surface area contributed by atoms with Gasteiger partial charge in [-0.1, -0.05) is 11.3 Å². The molecule has 0 unspecified atom stereocenters. The molecule has 2 N–H and O–H groups in total. The summed E-state index contributed by atoms with van der Waals surface area (Å²) in [6, 6.07) is 4.45. The zero-order valence-corrected chi connectivity index (χ0v) is 12.9. The van der Waals surface area contributed by atoms with E-state index in [-0.39, 0.29) is 12.1 Å². The average molecular weight is 351 g/mol. The van der Waals surface area contributed by atoms with Gasteiger partial charge in [0.25, 0.3) is 11.8 Å². The minimum Gasteiger partial charge on any atom is -0.414 e. The summed E-state index contributed by atoms with van der Waals surface area (Å²) < 4.78 is 41.7. The minimum atomic E-state index is -3.20. The molecular formula is C15H12F3N5O2. The number of carbonyl (C=O) groups excluding carboxylic acids is 1. The van der Waals surface area contributed by atoms with Crippen molar-refractivity contribution < 1.29 is 22.7 Å². The zero-order chi connectivity index (χ0) is 18.0. The van der Waals surface area contributed by atoms with Gasteiger partial charge in [-0.3, -0.25) is 9.89 Å². The second kappa shape index (κ2) is 6.75. The highest BCUT2D eigenvalue weighted by Crippen LogP contribution is 2.19. The van der Waals surface area contributed by atoms with E-state index < -0.39 is 24.2 Å². The van der Waals surface area contributed by atoms with Crippen molar-refractivity contribution in [3.05, 3.63) is 46.9 Å². The lowest BCUT2D eigenvalue weighted by Gasteiger charge is -2.09. The summed E-state index contributed by atoms with van der Waals surface area (Å²) in [7, 11) is 0. The molecule has 0 fully saturated rings. The number of hydrogen-bond acceptors (Lipinski definition) is 5. The quantitative estimate of drug-likeness (QED) is 0.736. The first-order chi connectivity index (χ1) is 12.0.